The first-order valence-corrected chi connectivity index (χ1v) is 5.64. The summed E-state index contributed by atoms with van der Waals surface area (Å²) in [5, 5.41) is 4.16. The number of nitrogen functional groups attached to an aromatic ring is 1. The van der Waals surface area contributed by atoms with Crippen molar-refractivity contribution in [3.8, 4) is 0 Å². The van der Waals surface area contributed by atoms with Crippen molar-refractivity contribution < 1.29 is 0 Å². The number of aromatic nitrogens is 2. The summed E-state index contributed by atoms with van der Waals surface area (Å²) in [5.74, 6) is 0. The van der Waals surface area contributed by atoms with E-state index in [-0.39, 0.29) is 0 Å². The molecule has 0 aliphatic rings. The largest absolute Gasteiger partial charge is 0.398 e. The van der Waals surface area contributed by atoms with E-state index in [2.05, 4.69) is 23.1 Å². The Balaban J connectivity index is 1.98. The van der Waals surface area contributed by atoms with Crippen LogP contribution in [0.15, 0.2) is 36.7 Å². The van der Waals surface area contributed by atoms with E-state index in [4.69, 9.17) is 5.73 Å². The van der Waals surface area contributed by atoms with Crippen LogP contribution in [0.2, 0.25) is 0 Å². The molecule has 0 spiro atoms. The summed E-state index contributed by atoms with van der Waals surface area (Å²) in [6.45, 7) is 1.73. The predicted octanol–water partition coefficient (Wildman–Crippen LogP) is 1.63. The Bertz CT molecular complexity index is 490. The van der Waals surface area contributed by atoms with Gasteiger partial charge in [0, 0.05) is 37.6 Å². The summed E-state index contributed by atoms with van der Waals surface area (Å²) < 4.78 is 1.82. The molecule has 0 fully saturated rings. The number of hydrogen-bond donors (Lipinski definition) is 1. The SMILES string of the molecule is CN(Cc1cnn(C)c1)Cc1ccccc1N. The zero-order chi connectivity index (χ0) is 12.3. The van der Waals surface area contributed by atoms with Gasteiger partial charge in [0.05, 0.1) is 6.20 Å². The molecule has 0 atom stereocenters. The molecule has 4 nitrogen and oxygen atoms in total. The Labute approximate surface area is 102 Å². The van der Waals surface area contributed by atoms with Gasteiger partial charge in [-0.2, -0.15) is 5.10 Å². The first-order chi connectivity index (χ1) is 8.15. The Kier molecular flexibility index (Phi) is 3.44. The highest BCUT2D eigenvalue weighted by molar-refractivity contribution is 5.46. The molecule has 1 aromatic heterocycles. The predicted molar refractivity (Wildman–Crippen MR) is 69.2 cm³/mol. The van der Waals surface area contributed by atoms with Crippen molar-refractivity contribution >= 4 is 5.69 Å². The van der Waals surface area contributed by atoms with E-state index in [9.17, 15) is 0 Å². The molecule has 0 amide bonds. The van der Waals surface area contributed by atoms with Gasteiger partial charge in [-0.1, -0.05) is 18.2 Å². The number of hydrogen-bond acceptors (Lipinski definition) is 3. The Morgan fingerprint density at radius 2 is 2.06 bits per heavy atom. The zero-order valence-corrected chi connectivity index (χ0v) is 10.3. The Hall–Kier alpha value is -1.81. The molecule has 1 heterocycles. The topological polar surface area (TPSA) is 47.1 Å². The molecule has 0 bridgehead atoms. The van der Waals surface area contributed by atoms with Gasteiger partial charge in [0.15, 0.2) is 0 Å². The molecule has 2 aromatic rings. The molecule has 2 rings (SSSR count). The van der Waals surface area contributed by atoms with Crippen LogP contribution in [-0.2, 0) is 20.1 Å². The van der Waals surface area contributed by atoms with Gasteiger partial charge in [0.1, 0.15) is 0 Å². The fourth-order valence-electron chi connectivity index (χ4n) is 1.89. The first kappa shape index (κ1) is 11.7. The van der Waals surface area contributed by atoms with Crippen LogP contribution in [0, 0.1) is 0 Å². The monoisotopic (exact) mass is 230 g/mol. The maximum Gasteiger partial charge on any atom is 0.0534 e. The third kappa shape index (κ3) is 3.07. The molecule has 0 saturated carbocycles. The van der Waals surface area contributed by atoms with Gasteiger partial charge in [-0.15, -0.1) is 0 Å². The van der Waals surface area contributed by atoms with Gasteiger partial charge in [0.25, 0.3) is 0 Å². The number of benzene rings is 1. The van der Waals surface area contributed by atoms with Crippen molar-refractivity contribution in [2.45, 2.75) is 13.1 Å². The van der Waals surface area contributed by atoms with E-state index in [0.29, 0.717) is 0 Å². The number of anilines is 1. The van der Waals surface area contributed by atoms with Crippen LogP contribution >= 0.6 is 0 Å². The van der Waals surface area contributed by atoms with Crippen molar-refractivity contribution in [1.29, 1.82) is 0 Å². The fourth-order valence-corrected chi connectivity index (χ4v) is 1.89. The first-order valence-electron chi connectivity index (χ1n) is 5.64. The van der Waals surface area contributed by atoms with Gasteiger partial charge in [0.2, 0.25) is 0 Å². The maximum atomic E-state index is 5.92. The molecule has 17 heavy (non-hydrogen) atoms. The average Bonchev–Trinajstić information content (AvgIpc) is 2.67. The molecule has 90 valence electrons. The molecule has 2 N–H and O–H groups in total. The summed E-state index contributed by atoms with van der Waals surface area (Å²) in [6, 6.07) is 7.98. The number of rotatable bonds is 4. The highest BCUT2D eigenvalue weighted by Gasteiger charge is 2.05. The zero-order valence-electron chi connectivity index (χ0n) is 10.3. The fraction of sp³-hybridized carbons (Fsp3) is 0.308. The summed E-state index contributed by atoms with van der Waals surface area (Å²) in [7, 11) is 4.01. The lowest BCUT2D eigenvalue weighted by atomic mass is 10.1. The quantitative estimate of drug-likeness (QED) is 0.812. The van der Waals surface area contributed by atoms with E-state index in [0.717, 1.165) is 18.8 Å². The number of para-hydroxylation sites is 1. The van der Waals surface area contributed by atoms with Crippen LogP contribution in [0.3, 0.4) is 0 Å². The molecule has 0 saturated heterocycles. The highest BCUT2D eigenvalue weighted by Crippen LogP contribution is 2.13. The second-order valence-electron chi connectivity index (χ2n) is 4.39. The van der Waals surface area contributed by atoms with E-state index in [1.807, 2.05) is 42.3 Å². The van der Waals surface area contributed by atoms with Crippen LogP contribution < -0.4 is 5.73 Å². The van der Waals surface area contributed by atoms with Gasteiger partial charge in [-0.05, 0) is 18.7 Å². The van der Waals surface area contributed by atoms with Crippen LogP contribution in [0.1, 0.15) is 11.1 Å². The molecule has 0 radical (unpaired) electrons. The van der Waals surface area contributed by atoms with E-state index >= 15 is 0 Å². The van der Waals surface area contributed by atoms with Gasteiger partial charge >= 0.3 is 0 Å². The summed E-state index contributed by atoms with van der Waals surface area (Å²) in [6.07, 6.45) is 3.93. The minimum absolute atomic E-state index is 0.849. The number of nitrogens with two attached hydrogens (primary N) is 1. The van der Waals surface area contributed by atoms with Crippen molar-refractivity contribution in [2.75, 3.05) is 12.8 Å². The van der Waals surface area contributed by atoms with Gasteiger partial charge < -0.3 is 5.73 Å². The molecule has 4 heteroatoms. The summed E-state index contributed by atoms with van der Waals surface area (Å²) in [4.78, 5) is 2.22. The van der Waals surface area contributed by atoms with Crippen molar-refractivity contribution in [3.63, 3.8) is 0 Å². The van der Waals surface area contributed by atoms with Gasteiger partial charge in [-0.3, -0.25) is 9.58 Å². The van der Waals surface area contributed by atoms with Crippen LogP contribution in [-0.4, -0.2) is 21.7 Å². The Morgan fingerprint density at radius 3 is 2.71 bits per heavy atom. The lowest BCUT2D eigenvalue weighted by Crippen LogP contribution is -2.17. The third-order valence-electron chi connectivity index (χ3n) is 2.71. The number of nitrogens with zero attached hydrogens (tertiary/aromatic N) is 3. The smallest absolute Gasteiger partial charge is 0.0534 e. The second kappa shape index (κ2) is 5.01. The van der Waals surface area contributed by atoms with E-state index in [1.165, 1.54) is 11.1 Å². The van der Waals surface area contributed by atoms with Crippen LogP contribution in [0.5, 0.6) is 0 Å². The molecular formula is C13H18N4. The molecule has 0 aliphatic heterocycles. The Morgan fingerprint density at radius 1 is 1.29 bits per heavy atom. The summed E-state index contributed by atoms with van der Waals surface area (Å²) in [5.41, 5.74) is 9.15. The highest BCUT2D eigenvalue weighted by atomic mass is 15.2. The third-order valence-corrected chi connectivity index (χ3v) is 2.71. The minimum atomic E-state index is 0.849. The molecule has 1 aromatic carbocycles. The minimum Gasteiger partial charge on any atom is -0.398 e. The van der Waals surface area contributed by atoms with Crippen molar-refractivity contribution in [1.82, 2.24) is 14.7 Å². The van der Waals surface area contributed by atoms with Gasteiger partial charge in [-0.25, -0.2) is 0 Å². The lowest BCUT2D eigenvalue weighted by Gasteiger charge is -2.16. The van der Waals surface area contributed by atoms with Crippen molar-refractivity contribution in [3.05, 3.63) is 47.8 Å². The van der Waals surface area contributed by atoms with E-state index in [1.54, 1.807) is 0 Å². The average molecular weight is 230 g/mol. The van der Waals surface area contributed by atoms with E-state index < -0.39 is 0 Å². The maximum absolute atomic E-state index is 5.92. The van der Waals surface area contributed by atoms with Crippen molar-refractivity contribution in [2.24, 2.45) is 7.05 Å². The molecule has 0 unspecified atom stereocenters. The molecular weight excluding hydrogens is 212 g/mol. The second-order valence-corrected chi connectivity index (χ2v) is 4.39. The van der Waals surface area contributed by atoms with Crippen LogP contribution in [0.25, 0.3) is 0 Å². The summed E-state index contributed by atoms with van der Waals surface area (Å²) >= 11 is 0. The normalized spacial score (nSPS) is 11.0. The van der Waals surface area contributed by atoms with Crippen LogP contribution in [0.4, 0.5) is 5.69 Å². The lowest BCUT2D eigenvalue weighted by molar-refractivity contribution is 0.319. The molecule has 0 aliphatic carbocycles. The standard InChI is InChI=1S/C13H18N4/c1-16(8-11-7-15-17(2)9-11)10-12-5-3-4-6-13(12)14/h3-7,9H,8,10,14H2,1-2H3. The number of aryl methyl sites for hydroxylation is 1.